The summed E-state index contributed by atoms with van der Waals surface area (Å²) in [5.74, 6) is -0.159. The largest absolute Gasteiger partial charge is 0.394 e. The number of carbonyl (C=O) groups is 1. The Labute approximate surface area is 217 Å². The minimum absolute atomic E-state index is 0.159. The van der Waals surface area contributed by atoms with Gasteiger partial charge in [0.05, 0.1) is 18.8 Å². The molecule has 0 aliphatic heterocycles. The number of allylic oxidation sites excluding steroid dienone is 2. The Balaban J connectivity index is 3.82. The van der Waals surface area contributed by atoms with Crippen LogP contribution in [0.5, 0.6) is 0 Å². The van der Waals surface area contributed by atoms with Crippen LogP contribution >= 0.6 is 0 Å². The number of amides is 1. The maximum atomic E-state index is 12.2. The van der Waals surface area contributed by atoms with Crippen LogP contribution in [-0.4, -0.2) is 46.1 Å². The molecule has 3 unspecified atom stereocenters. The lowest BCUT2D eigenvalue weighted by molar-refractivity contribution is -0.124. The zero-order chi connectivity index (χ0) is 26.0. The minimum atomic E-state index is -1.15. The molecular formula is C30H59NO4. The average Bonchev–Trinajstić information content (AvgIpc) is 2.86. The predicted octanol–water partition coefficient (Wildman–Crippen LogP) is 6.97. The molecule has 0 rings (SSSR count). The monoisotopic (exact) mass is 497 g/mol. The Morgan fingerprint density at radius 2 is 1.14 bits per heavy atom. The van der Waals surface area contributed by atoms with Crippen molar-refractivity contribution in [2.24, 2.45) is 0 Å². The van der Waals surface area contributed by atoms with Gasteiger partial charge >= 0.3 is 0 Å². The van der Waals surface area contributed by atoms with Gasteiger partial charge in [0.25, 0.3) is 0 Å². The van der Waals surface area contributed by atoms with E-state index in [0.29, 0.717) is 12.8 Å². The number of hydrogen-bond donors (Lipinski definition) is 4. The Hall–Kier alpha value is -0.910. The van der Waals surface area contributed by atoms with Crippen molar-refractivity contribution in [3.05, 3.63) is 12.2 Å². The second-order valence-electron chi connectivity index (χ2n) is 10.3. The third-order valence-corrected chi connectivity index (χ3v) is 6.87. The molecule has 4 N–H and O–H groups in total. The molecule has 3 atom stereocenters. The van der Waals surface area contributed by atoms with Crippen molar-refractivity contribution in [3.63, 3.8) is 0 Å². The minimum Gasteiger partial charge on any atom is -0.394 e. The maximum absolute atomic E-state index is 12.2. The molecule has 0 saturated heterocycles. The van der Waals surface area contributed by atoms with Crippen LogP contribution in [0.4, 0.5) is 0 Å². The molecule has 0 radical (unpaired) electrons. The molecule has 0 aromatic rings. The van der Waals surface area contributed by atoms with Crippen molar-refractivity contribution in [2.45, 2.75) is 167 Å². The zero-order valence-electron chi connectivity index (χ0n) is 23.2. The lowest BCUT2D eigenvalue weighted by atomic mass is 10.0. The van der Waals surface area contributed by atoms with E-state index in [9.17, 15) is 20.1 Å². The highest BCUT2D eigenvalue weighted by molar-refractivity contribution is 5.76. The summed E-state index contributed by atoms with van der Waals surface area (Å²) >= 11 is 0. The van der Waals surface area contributed by atoms with Crippen molar-refractivity contribution >= 4 is 5.91 Å². The van der Waals surface area contributed by atoms with Gasteiger partial charge in [0.1, 0.15) is 6.10 Å². The topological polar surface area (TPSA) is 89.8 Å². The lowest BCUT2D eigenvalue weighted by Gasteiger charge is -2.26. The summed E-state index contributed by atoms with van der Waals surface area (Å²) in [7, 11) is 0. The molecule has 0 aromatic heterocycles. The summed E-state index contributed by atoms with van der Waals surface area (Å²) in [5, 5.41) is 33.0. The fourth-order valence-corrected chi connectivity index (χ4v) is 4.45. The highest BCUT2D eigenvalue weighted by atomic mass is 16.3. The molecule has 5 nitrogen and oxygen atoms in total. The Bertz CT molecular complexity index is 483. The van der Waals surface area contributed by atoms with Gasteiger partial charge in [0, 0.05) is 6.42 Å². The molecule has 0 aliphatic carbocycles. The first-order valence-corrected chi connectivity index (χ1v) is 15.0. The first kappa shape index (κ1) is 34.1. The predicted molar refractivity (Wildman–Crippen MR) is 148 cm³/mol. The fourth-order valence-electron chi connectivity index (χ4n) is 4.45. The third-order valence-electron chi connectivity index (χ3n) is 6.87. The van der Waals surface area contributed by atoms with E-state index in [1.54, 1.807) is 0 Å². The highest BCUT2D eigenvalue weighted by Crippen LogP contribution is 2.13. The number of aliphatic hydroxyl groups excluding tert-OH is 3. The van der Waals surface area contributed by atoms with Gasteiger partial charge in [-0.25, -0.2) is 0 Å². The smallest absolute Gasteiger partial charge is 0.220 e. The van der Waals surface area contributed by atoms with Crippen molar-refractivity contribution < 1.29 is 20.1 Å². The van der Waals surface area contributed by atoms with E-state index in [1.807, 2.05) is 0 Å². The molecule has 0 fully saturated rings. The second-order valence-corrected chi connectivity index (χ2v) is 10.3. The van der Waals surface area contributed by atoms with Crippen molar-refractivity contribution in [1.29, 1.82) is 0 Å². The summed E-state index contributed by atoms with van der Waals surface area (Å²) in [6.45, 7) is 4.09. The molecule has 0 saturated carbocycles. The van der Waals surface area contributed by atoms with Gasteiger partial charge in [-0.05, 0) is 38.5 Å². The number of unbranched alkanes of at least 4 members (excludes halogenated alkanes) is 16. The number of rotatable bonds is 26. The second kappa shape index (κ2) is 26.2. The van der Waals surface area contributed by atoms with Crippen LogP contribution in [0.25, 0.3) is 0 Å². The Morgan fingerprint density at radius 3 is 1.66 bits per heavy atom. The molecule has 0 bridgehead atoms. The van der Waals surface area contributed by atoms with E-state index in [1.165, 1.54) is 83.5 Å². The van der Waals surface area contributed by atoms with Crippen LogP contribution in [0.2, 0.25) is 0 Å². The van der Waals surface area contributed by atoms with E-state index in [2.05, 4.69) is 31.3 Å². The lowest BCUT2D eigenvalue weighted by Crippen LogP contribution is -2.50. The summed E-state index contributed by atoms with van der Waals surface area (Å²) in [4.78, 5) is 12.2. The Morgan fingerprint density at radius 1 is 0.686 bits per heavy atom. The van der Waals surface area contributed by atoms with Crippen molar-refractivity contribution in [2.75, 3.05) is 6.61 Å². The van der Waals surface area contributed by atoms with Crippen LogP contribution in [0.3, 0.4) is 0 Å². The molecule has 0 heterocycles. The summed E-state index contributed by atoms with van der Waals surface area (Å²) in [6, 6.07) is -0.816. The Kier molecular flexibility index (Phi) is 25.5. The molecule has 35 heavy (non-hydrogen) atoms. The molecule has 5 heteroatoms. The van der Waals surface area contributed by atoms with E-state index >= 15 is 0 Å². The van der Waals surface area contributed by atoms with Gasteiger partial charge in [0.2, 0.25) is 5.91 Å². The van der Waals surface area contributed by atoms with Gasteiger partial charge in [-0.1, -0.05) is 116 Å². The number of nitrogens with one attached hydrogen (secondary N) is 1. The highest BCUT2D eigenvalue weighted by Gasteiger charge is 2.26. The molecule has 0 aliphatic rings. The quantitative estimate of drug-likeness (QED) is 0.0767. The molecular weight excluding hydrogens is 438 g/mol. The third kappa shape index (κ3) is 22.0. The number of carbonyl (C=O) groups excluding carboxylic acids is 1. The van der Waals surface area contributed by atoms with Crippen molar-refractivity contribution in [1.82, 2.24) is 5.32 Å². The summed E-state index contributed by atoms with van der Waals surface area (Å²) in [5.41, 5.74) is 0. The van der Waals surface area contributed by atoms with Gasteiger partial charge in [-0.15, -0.1) is 0 Å². The van der Waals surface area contributed by atoms with E-state index < -0.39 is 18.2 Å². The van der Waals surface area contributed by atoms with E-state index in [4.69, 9.17) is 0 Å². The van der Waals surface area contributed by atoms with Gasteiger partial charge in [0.15, 0.2) is 0 Å². The standard InChI is InChI=1S/C30H59NO4/c1-3-5-7-9-11-13-15-17-19-21-23-25-29(34)31-27(26-32)30(35)28(33)24-22-20-18-16-14-12-10-8-6-4-2/h16,18,27-28,30,32-33,35H,3-15,17,19-26H2,1-2H3,(H,31,34)/b18-16+. The first-order valence-electron chi connectivity index (χ1n) is 15.0. The SMILES string of the molecule is CCCCCCC/C=C/CCCC(O)C(O)C(CO)NC(=O)CCCCCCCCCCCCC. The van der Waals surface area contributed by atoms with Crippen LogP contribution < -0.4 is 5.32 Å². The average molecular weight is 498 g/mol. The fraction of sp³-hybridized carbons (Fsp3) is 0.900. The molecule has 0 spiro atoms. The number of hydrogen-bond acceptors (Lipinski definition) is 4. The van der Waals surface area contributed by atoms with Gasteiger partial charge < -0.3 is 20.6 Å². The van der Waals surface area contributed by atoms with E-state index in [-0.39, 0.29) is 12.5 Å². The molecule has 1 amide bonds. The first-order chi connectivity index (χ1) is 17.1. The zero-order valence-corrected chi connectivity index (χ0v) is 23.2. The van der Waals surface area contributed by atoms with Crippen LogP contribution in [0, 0.1) is 0 Å². The van der Waals surface area contributed by atoms with Crippen molar-refractivity contribution in [3.8, 4) is 0 Å². The summed E-state index contributed by atoms with van der Waals surface area (Å²) in [6.07, 6.45) is 25.8. The molecule has 0 aromatic carbocycles. The normalized spacial score (nSPS) is 14.3. The van der Waals surface area contributed by atoms with Crippen LogP contribution in [-0.2, 0) is 4.79 Å². The maximum Gasteiger partial charge on any atom is 0.220 e. The van der Waals surface area contributed by atoms with Gasteiger partial charge in [-0.3, -0.25) is 4.79 Å². The van der Waals surface area contributed by atoms with Crippen LogP contribution in [0.15, 0.2) is 12.2 Å². The van der Waals surface area contributed by atoms with E-state index in [0.717, 1.165) is 38.5 Å². The van der Waals surface area contributed by atoms with Gasteiger partial charge in [-0.2, -0.15) is 0 Å². The number of aliphatic hydroxyl groups is 3. The summed E-state index contributed by atoms with van der Waals surface area (Å²) < 4.78 is 0. The van der Waals surface area contributed by atoms with Crippen LogP contribution in [0.1, 0.15) is 149 Å². The molecule has 208 valence electrons.